The molecule has 0 atom stereocenters. The van der Waals surface area contributed by atoms with Crippen LogP contribution in [0.25, 0.3) is 11.1 Å². The number of hydrogen-bond donors (Lipinski definition) is 2. The number of aromatic nitrogens is 2. The number of benzene rings is 1. The second kappa shape index (κ2) is 15.2. The Kier molecular flexibility index (Phi) is 11.0. The van der Waals surface area contributed by atoms with Crippen molar-refractivity contribution in [2.45, 2.75) is 71.4 Å². The van der Waals surface area contributed by atoms with Gasteiger partial charge in [0.1, 0.15) is 11.7 Å². The third kappa shape index (κ3) is 7.56. The fourth-order valence-electron chi connectivity index (χ4n) is 6.86. The molecule has 0 aliphatic carbocycles. The molecule has 3 aromatic rings. The van der Waals surface area contributed by atoms with Gasteiger partial charge in [-0.3, -0.25) is 24.4 Å². The molecule has 0 spiro atoms. The number of piperidine rings is 2. The number of rotatable bonds is 10. The number of carbonyl (C=O) groups is 3. The molecule has 0 radical (unpaired) electrons. The van der Waals surface area contributed by atoms with Gasteiger partial charge < -0.3 is 20.5 Å². The zero-order chi connectivity index (χ0) is 36.2. The summed E-state index contributed by atoms with van der Waals surface area (Å²) in [5.41, 5.74) is 8.25. The van der Waals surface area contributed by atoms with Crippen LogP contribution in [0.2, 0.25) is 0 Å². The minimum atomic E-state index is -1.93. The van der Waals surface area contributed by atoms with E-state index >= 15 is 4.39 Å². The molecular weight excluding hydrogens is 642 g/mol. The van der Waals surface area contributed by atoms with Crippen molar-refractivity contribution in [2.75, 3.05) is 36.5 Å². The van der Waals surface area contributed by atoms with Crippen molar-refractivity contribution in [2.24, 2.45) is 17.8 Å². The van der Waals surface area contributed by atoms with Gasteiger partial charge in [0, 0.05) is 79.1 Å². The highest BCUT2D eigenvalue weighted by Crippen LogP contribution is 2.37. The van der Waals surface area contributed by atoms with E-state index in [0.29, 0.717) is 85.8 Å². The van der Waals surface area contributed by atoms with Gasteiger partial charge in [-0.15, -0.1) is 0 Å². The molecule has 11 nitrogen and oxygen atoms in total. The Labute approximate surface area is 291 Å². The predicted octanol–water partition coefficient (Wildman–Crippen LogP) is 5.68. The van der Waals surface area contributed by atoms with E-state index in [4.69, 9.17) is 5.73 Å². The quantitative estimate of drug-likeness (QED) is 0.122. The van der Waals surface area contributed by atoms with Gasteiger partial charge in [0.15, 0.2) is 11.5 Å². The number of likely N-dealkylation sites (tertiary alicyclic amines) is 1. The average Bonchev–Trinajstić information content (AvgIpc) is 3.45. The number of pyridine rings is 1. The molecule has 50 heavy (non-hydrogen) atoms. The SMILES string of the molecule is CCN=C(N)c1c(-c2ccc(NC(=O)/C(C)=C3\CCCCN3N(C=O)c3ccccn3)cc2F)cc(C2CCN(C(=O)C(C)(C)F)CC2)n1C. The Morgan fingerprint density at radius 1 is 1.12 bits per heavy atom. The summed E-state index contributed by atoms with van der Waals surface area (Å²) in [4.78, 5) is 48.4. The van der Waals surface area contributed by atoms with Crippen molar-refractivity contribution < 1.29 is 23.2 Å². The van der Waals surface area contributed by atoms with Gasteiger partial charge in [-0.05, 0) is 96.2 Å². The van der Waals surface area contributed by atoms with Crippen molar-refractivity contribution in [3.63, 3.8) is 0 Å². The van der Waals surface area contributed by atoms with Crippen molar-refractivity contribution in [3.05, 3.63) is 77.1 Å². The van der Waals surface area contributed by atoms with Crippen LogP contribution in [0, 0.1) is 5.82 Å². The molecule has 2 aromatic heterocycles. The Bertz CT molecular complexity index is 1790. The van der Waals surface area contributed by atoms with Gasteiger partial charge in [-0.25, -0.2) is 18.8 Å². The molecule has 266 valence electrons. The number of carbonyl (C=O) groups excluding carboxylic acids is 3. The number of amidine groups is 1. The maximum atomic E-state index is 16.0. The largest absolute Gasteiger partial charge is 0.382 e. The Hall–Kier alpha value is -5.07. The molecule has 0 saturated carbocycles. The first-order valence-electron chi connectivity index (χ1n) is 17.1. The number of hydrazine groups is 1. The van der Waals surface area contributed by atoms with Crippen LogP contribution in [0.4, 0.5) is 20.3 Å². The number of anilines is 2. The van der Waals surface area contributed by atoms with Gasteiger partial charge in [0.2, 0.25) is 6.41 Å². The van der Waals surface area contributed by atoms with E-state index in [9.17, 15) is 18.8 Å². The van der Waals surface area contributed by atoms with Crippen LogP contribution in [0.3, 0.4) is 0 Å². The van der Waals surface area contributed by atoms with Crippen LogP contribution in [0.1, 0.15) is 77.1 Å². The van der Waals surface area contributed by atoms with E-state index < -0.39 is 23.3 Å². The molecule has 1 aromatic carbocycles. The van der Waals surface area contributed by atoms with Crippen molar-refractivity contribution in [1.82, 2.24) is 19.5 Å². The lowest BCUT2D eigenvalue weighted by atomic mass is 9.92. The molecule has 13 heteroatoms. The Balaban J connectivity index is 1.40. The van der Waals surface area contributed by atoms with Crippen molar-refractivity contribution in [3.8, 4) is 11.1 Å². The Morgan fingerprint density at radius 3 is 2.48 bits per heavy atom. The summed E-state index contributed by atoms with van der Waals surface area (Å²) in [5, 5.41) is 6.01. The third-order valence-corrected chi connectivity index (χ3v) is 9.43. The molecule has 2 fully saturated rings. The standard InChI is InChI=1S/C37H46F2N8O3/c1-6-41-34(40)33-28(22-31(44(33)5)25-15-19-45(20-16-25)36(50)37(3,4)39)27-14-13-26(21-29(27)38)43-35(49)24(2)30-11-8-10-18-46(30)47(23-48)32-12-7-9-17-42-32/h7,9,12-14,17,21-23,25H,6,8,10-11,15-16,18-20H2,1-5H3,(H2,40,41)(H,43,49)/b30-24+. The molecule has 4 heterocycles. The number of allylic oxidation sites excluding steroid dienone is 1. The maximum absolute atomic E-state index is 16.0. The molecular formula is C37H46F2N8O3. The highest BCUT2D eigenvalue weighted by Gasteiger charge is 2.35. The monoisotopic (exact) mass is 688 g/mol. The molecule has 3 amide bonds. The van der Waals surface area contributed by atoms with E-state index in [1.165, 1.54) is 24.9 Å². The number of amides is 3. The van der Waals surface area contributed by atoms with E-state index in [1.54, 1.807) is 53.4 Å². The smallest absolute Gasteiger partial charge is 0.259 e. The fraction of sp³-hybridized carbons (Fsp3) is 0.432. The molecule has 2 aliphatic heterocycles. The Morgan fingerprint density at radius 2 is 1.86 bits per heavy atom. The van der Waals surface area contributed by atoms with E-state index in [0.717, 1.165) is 18.5 Å². The van der Waals surface area contributed by atoms with Crippen molar-refractivity contribution in [1.29, 1.82) is 0 Å². The molecule has 0 unspecified atom stereocenters. The first kappa shape index (κ1) is 36.2. The molecule has 3 N–H and O–H groups in total. The lowest BCUT2D eigenvalue weighted by Gasteiger charge is -2.38. The second-order valence-corrected chi connectivity index (χ2v) is 13.2. The summed E-state index contributed by atoms with van der Waals surface area (Å²) in [7, 11) is 1.87. The predicted molar refractivity (Wildman–Crippen MR) is 190 cm³/mol. The first-order valence-corrected chi connectivity index (χ1v) is 17.1. The van der Waals surface area contributed by atoms with E-state index in [-0.39, 0.29) is 17.4 Å². The molecule has 2 saturated heterocycles. The lowest BCUT2D eigenvalue weighted by Crippen LogP contribution is -2.46. The van der Waals surface area contributed by atoms with Crippen LogP contribution in [-0.4, -0.2) is 75.4 Å². The third-order valence-electron chi connectivity index (χ3n) is 9.43. The number of nitrogens with one attached hydrogen (secondary N) is 1. The number of alkyl halides is 1. The number of hydrogen-bond acceptors (Lipinski definition) is 6. The van der Waals surface area contributed by atoms with E-state index in [2.05, 4.69) is 15.3 Å². The summed E-state index contributed by atoms with van der Waals surface area (Å²) in [6.07, 6.45) is 5.82. The maximum Gasteiger partial charge on any atom is 0.259 e. The normalized spacial score (nSPS) is 17.1. The van der Waals surface area contributed by atoms with Crippen LogP contribution in [-0.2, 0) is 21.4 Å². The number of nitrogens with two attached hydrogens (primary N) is 1. The van der Waals surface area contributed by atoms with Gasteiger partial charge in [-0.1, -0.05) is 6.07 Å². The lowest BCUT2D eigenvalue weighted by molar-refractivity contribution is -0.143. The summed E-state index contributed by atoms with van der Waals surface area (Å²) in [5.74, 6) is -0.723. The highest BCUT2D eigenvalue weighted by molar-refractivity contribution is 6.05. The zero-order valence-corrected chi connectivity index (χ0v) is 29.4. The van der Waals surface area contributed by atoms with Gasteiger partial charge in [0.25, 0.3) is 11.8 Å². The summed E-state index contributed by atoms with van der Waals surface area (Å²) in [6.45, 7) is 7.92. The number of nitrogens with zero attached hydrogens (tertiary/aromatic N) is 6. The van der Waals surface area contributed by atoms with Crippen LogP contribution < -0.4 is 16.1 Å². The van der Waals surface area contributed by atoms with Gasteiger partial charge in [-0.2, -0.15) is 0 Å². The van der Waals surface area contributed by atoms with Gasteiger partial charge >= 0.3 is 0 Å². The number of aliphatic imine (C=N–C) groups is 1. The van der Waals surface area contributed by atoms with Crippen LogP contribution in [0.15, 0.2) is 64.9 Å². The van der Waals surface area contributed by atoms with Crippen LogP contribution in [0.5, 0.6) is 0 Å². The van der Waals surface area contributed by atoms with E-state index in [1.807, 2.05) is 24.6 Å². The molecule has 0 bridgehead atoms. The summed E-state index contributed by atoms with van der Waals surface area (Å²) in [6, 6.07) is 11.7. The van der Waals surface area contributed by atoms with Crippen molar-refractivity contribution >= 4 is 35.6 Å². The summed E-state index contributed by atoms with van der Waals surface area (Å²) < 4.78 is 32.3. The zero-order valence-electron chi connectivity index (χ0n) is 29.4. The average molecular weight is 689 g/mol. The van der Waals surface area contributed by atoms with Crippen LogP contribution >= 0.6 is 0 Å². The summed E-state index contributed by atoms with van der Waals surface area (Å²) >= 11 is 0. The topological polar surface area (TPSA) is 129 Å². The highest BCUT2D eigenvalue weighted by atomic mass is 19.1. The first-order chi connectivity index (χ1) is 23.8. The molecule has 2 aliphatic rings. The fourth-order valence-corrected chi connectivity index (χ4v) is 6.86. The minimum absolute atomic E-state index is 0.0403. The minimum Gasteiger partial charge on any atom is -0.382 e. The van der Waals surface area contributed by atoms with Gasteiger partial charge in [0.05, 0.1) is 5.69 Å². The number of halogens is 2. The second-order valence-electron chi connectivity index (χ2n) is 13.2. The molecule has 5 rings (SSSR count).